The summed E-state index contributed by atoms with van der Waals surface area (Å²) in [5.74, 6) is -0.969. The molecule has 2 rings (SSSR count). The summed E-state index contributed by atoms with van der Waals surface area (Å²) in [4.78, 5) is -0.854. The molecule has 1 fully saturated rings. The Bertz CT molecular complexity index is 708. The number of benzene rings is 1. The van der Waals surface area contributed by atoms with Crippen LogP contribution in [0.3, 0.4) is 0 Å². The highest BCUT2D eigenvalue weighted by Crippen LogP contribution is 2.23. The molecule has 0 radical (unpaired) electrons. The van der Waals surface area contributed by atoms with E-state index in [1.807, 2.05) is 0 Å². The number of sulfonamides is 1. The van der Waals surface area contributed by atoms with Crippen molar-refractivity contribution in [3.05, 3.63) is 24.0 Å². The van der Waals surface area contributed by atoms with Crippen molar-refractivity contribution in [3.63, 3.8) is 0 Å². The second-order valence-corrected chi connectivity index (χ2v) is 8.30. The Morgan fingerprint density at radius 1 is 1.15 bits per heavy atom. The number of nitrogens with zero attached hydrogens (tertiary/aromatic N) is 1. The van der Waals surface area contributed by atoms with Crippen molar-refractivity contribution in [2.24, 2.45) is 0 Å². The van der Waals surface area contributed by atoms with Crippen molar-refractivity contribution < 1.29 is 26.0 Å². The zero-order chi connectivity index (χ0) is 15.0. The lowest BCUT2D eigenvalue weighted by atomic mass is 10.3. The summed E-state index contributed by atoms with van der Waals surface area (Å²) in [6.45, 7) is 0.689. The highest BCUT2D eigenvalue weighted by atomic mass is 32.2. The van der Waals surface area contributed by atoms with Crippen LogP contribution in [-0.4, -0.2) is 53.7 Å². The van der Waals surface area contributed by atoms with Crippen molar-refractivity contribution in [1.82, 2.24) is 4.31 Å². The molecule has 1 aliphatic heterocycles. The number of ether oxygens (including phenoxy) is 1. The summed E-state index contributed by atoms with van der Waals surface area (Å²) >= 11 is 0. The van der Waals surface area contributed by atoms with E-state index < -0.39 is 30.6 Å². The van der Waals surface area contributed by atoms with Gasteiger partial charge in [-0.05, 0) is 18.2 Å². The van der Waals surface area contributed by atoms with Gasteiger partial charge in [-0.15, -0.1) is 0 Å². The summed E-state index contributed by atoms with van der Waals surface area (Å²) in [6.07, 6.45) is 0.936. The van der Waals surface area contributed by atoms with E-state index in [9.17, 15) is 21.2 Å². The van der Waals surface area contributed by atoms with Gasteiger partial charge in [0.1, 0.15) is 10.7 Å². The quantitative estimate of drug-likeness (QED) is 0.745. The molecule has 0 atom stereocenters. The average molecular weight is 323 g/mol. The highest BCUT2D eigenvalue weighted by molar-refractivity contribution is 7.91. The molecule has 0 amide bonds. The Balaban J connectivity index is 2.50. The molecule has 0 unspecified atom stereocenters. The predicted octanol–water partition coefficient (Wildman–Crippen LogP) is 0.250. The molecular weight excluding hydrogens is 309 g/mol. The fraction of sp³-hybridized carbons (Fsp3) is 0.455. The topological polar surface area (TPSA) is 80.8 Å². The number of halogens is 1. The van der Waals surface area contributed by atoms with Crippen LogP contribution >= 0.6 is 0 Å². The third-order valence-corrected chi connectivity index (χ3v) is 5.94. The summed E-state index contributed by atoms with van der Waals surface area (Å²) in [6, 6.07) is 2.75. The van der Waals surface area contributed by atoms with Gasteiger partial charge < -0.3 is 4.74 Å². The maximum Gasteiger partial charge on any atom is 0.246 e. The normalized spacial score (nSPS) is 18.1. The summed E-state index contributed by atoms with van der Waals surface area (Å²) < 4.78 is 67.4. The maximum atomic E-state index is 13.8. The fourth-order valence-corrected chi connectivity index (χ4v) is 4.06. The van der Waals surface area contributed by atoms with E-state index in [1.54, 1.807) is 0 Å². The lowest BCUT2D eigenvalue weighted by Crippen LogP contribution is -2.40. The highest BCUT2D eigenvalue weighted by Gasteiger charge is 2.30. The minimum Gasteiger partial charge on any atom is -0.379 e. The molecule has 0 N–H and O–H groups in total. The van der Waals surface area contributed by atoms with E-state index in [0.29, 0.717) is 0 Å². The van der Waals surface area contributed by atoms with E-state index in [4.69, 9.17) is 4.74 Å². The lowest BCUT2D eigenvalue weighted by Gasteiger charge is -2.26. The van der Waals surface area contributed by atoms with Gasteiger partial charge in [-0.3, -0.25) is 0 Å². The molecule has 6 nitrogen and oxygen atoms in total. The van der Waals surface area contributed by atoms with Gasteiger partial charge in [0, 0.05) is 19.3 Å². The molecule has 9 heteroatoms. The minimum absolute atomic E-state index is 0.116. The van der Waals surface area contributed by atoms with Gasteiger partial charge in [0.2, 0.25) is 10.0 Å². The van der Waals surface area contributed by atoms with Gasteiger partial charge in [-0.25, -0.2) is 21.2 Å². The molecule has 1 aromatic rings. The predicted molar refractivity (Wildman–Crippen MR) is 69.1 cm³/mol. The van der Waals surface area contributed by atoms with Crippen LogP contribution in [0.5, 0.6) is 0 Å². The van der Waals surface area contributed by atoms with E-state index in [1.165, 1.54) is 0 Å². The zero-order valence-electron chi connectivity index (χ0n) is 10.7. The number of hydrogen-bond donors (Lipinski definition) is 0. The van der Waals surface area contributed by atoms with Crippen molar-refractivity contribution in [1.29, 1.82) is 0 Å². The summed E-state index contributed by atoms with van der Waals surface area (Å²) in [5.41, 5.74) is 0. The Labute approximate surface area is 117 Å². The van der Waals surface area contributed by atoms with Gasteiger partial charge in [0.25, 0.3) is 0 Å². The molecule has 20 heavy (non-hydrogen) atoms. The molecule has 1 aliphatic rings. The summed E-state index contributed by atoms with van der Waals surface area (Å²) in [7, 11) is -7.67. The average Bonchev–Trinajstić information content (AvgIpc) is 2.38. The Morgan fingerprint density at radius 2 is 1.75 bits per heavy atom. The Kier molecular flexibility index (Phi) is 4.14. The van der Waals surface area contributed by atoms with Crippen LogP contribution in [-0.2, 0) is 24.6 Å². The van der Waals surface area contributed by atoms with Crippen LogP contribution in [0.25, 0.3) is 0 Å². The first-order valence-corrected chi connectivity index (χ1v) is 9.13. The number of rotatable bonds is 3. The van der Waals surface area contributed by atoms with Crippen LogP contribution < -0.4 is 0 Å². The van der Waals surface area contributed by atoms with E-state index in [-0.39, 0.29) is 31.2 Å². The zero-order valence-corrected chi connectivity index (χ0v) is 12.4. The lowest BCUT2D eigenvalue weighted by molar-refractivity contribution is 0.0729. The fourth-order valence-electron chi connectivity index (χ4n) is 1.84. The van der Waals surface area contributed by atoms with Gasteiger partial charge >= 0.3 is 0 Å². The molecule has 0 spiro atoms. The molecule has 0 aliphatic carbocycles. The van der Waals surface area contributed by atoms with Gasteiger partial charge in [0.15, 0.2) is 9.84 Å². The molecule has 0 bridgehead atoms. The first kappa shape index (κ1) is 15.4. The first-order valence-electron chi connectivity index (χ1n) is 5.80. The van der Waals surface area contributed by atoms with E-state index >= 15 is 0 Å². The van der Waals surface area contributed by atoms with Crippen molar-refractivity contribution in [2.45, 2.75) is 9.79 Å². The van der Waals surface area contributed by atoms with Crippen LogP contribution in [0.15, 0.2) is 28.0 Å². The van der Waals surface area contributed by atoms with Crippen molar-refractivity contribution in [2.75, 3.05) is 32.6 Å². The van der Waals surface area contributed by atoms with Crippen LogP contribution in [0.1, 0.15) is 0 Å². The van der Waals surface area contributed by atoms with Gasteiger partial charge in [-0.2, -0.15) is 4.31 Å². The minimum atomic E-state index is -4.06. The third-order valence-electron chi connectivity index (χ3n) is 2.92. The molecule has 112 valence electrons. The van der Waals surface area contributed by atoms with Crippen molar-refractivity contribution >= 4 is 19.9 Å². The standard InChI is InChI=1S/C11H14FNO5S2/c1-19(14,15)9-2-3-10(12)11(8-9)20(16,17)13-4-6-18-7-5-13/h2-3,8H,4-7H2,1H3. The molecular formula is C11H14FNO5S2. The second-order valence-electron chi connectivity index (χ2n) is 4.38. The van der Waals surface area contributed by atoms with Crippen LogP contribution in [0.4, 0.5) is 4.39 Å². The third kappa shape index (κ3) is 3.00. The Morgan fingerprint density at radius 3 is 2.30 bits per heavy atom. The van der Waals surface area contributed by atoms with Crippen LogP contribution in [0, 0.1) is 5.82 Å². The molecule has 1 aromatic carbocycles. The van der Waals surface area contributed by atoms with Gasteiger partial charge in [0.05, 0.1) is 18.1 Å². The van der Waals surface area contributed by atoms with Crippen LogP contribution in [0.2, 0.25) is 0 Å². The molecule has 0 aromatic heterocycles. The van der Waals surface area contributed by atoms with E-state index in [0.717, 1.165) is 28.8 Å². The number of hydrogen-bond acceptors (Lipinski definition) is 5. The molecule has 0 saturated carbocycles. The van der Waals surface area contributed by atoms with E-state index in [2.05, 4.69) is 0 Å². The number of sulfone groups is 1. The Hall–Kier alpha value is -1.03. The SMILES string of the molecule is CS(=O)(=O)c1ccc(F)c(S(=O)(=O)N2CCOCC2)c1. The molecule has 1 heterocycles. The van der Waals surface area contributed by atoms with Crippen molar-refractivity contribution in [3.8, 4) is 0 Å². The largest absolute Gasteiger partial charge is 0.379 e. The maximum absolute atomic E-state index is 13.8. The first-order chi connectivity index (χ1) is 9.23. The second kappa shape index (κ2) is 5.40. The smallest absolute Gasteiger partial charge is 0.246 e. The number of morpholine rings is 1. The van der Waals surface area contributed by atoms with Gasteiger partial charge in [-0.1, -0.05) is 0 Å². The molecule has 1 saturated heterocycles. The monoisotopic (exact) mass is 323 g/mol. The summed E-state index contributed by atoms with van der Waals surface area (Å²) in [5, 5.41) is 0.